The lowest BCUT2D eigenvalue weighted by Crippen LogP contribution is -2.40. The van der Waals surface area contributed by atoms with Gasteiger partial charge < -0.3 is 15.6 Å². The van der Waals surface area contributed by atoms with Crippen LogP contribution in [0.5, 0.6) is 0 Å². The molecule has 1 aromatic carbocycles. The molecule has 3 nitrogen and oxygen atoms in total. The first kappa shape index (κ1) is 18.4. The fourth-order valence-corrected chi connectivity index (χ4v) is 3.65. The third-order valence-electron chi connectivity index (χ3n) is 5.22. The van der Waals surface area contributed by atoms with E-state index in [9.17, 15) is 5.11 Å². The summed E-state index contributed by atoms with van der Waals surface area (Å²) in [6.45, 7) is 0.995. The summed E-state index contributed by atoms with van der Waals surface area (Å²) in [5.41, 5.74) is 8.65. The Hall–Kier alpha value is -0.900. The van der Waals surface area contributed by atoms with Crippen LogP contribution in [0.2, 0.25) is 0 Å². The van der Waals surface area contributed by atoms with Crippen molar-refractivity contribution in [2.45, 2.75) is 69.2 Å². The van der Waals surface area contributed by atoms with Gasteiger partial charge in [0.05, 0.1) is 6.61 Å². The predicted octanol–water partition coefficient (Wildman–Crippen LogP) is 3.78. The van der Waals surface area contributed by atoms with Crippen LogP contribution in [0, 0.1) is 0 Å². The molecule has 3 heteroatoms. The van der Waals surface area contributed by atoms with Crippen LogP contribution in [0.25, 0.3) is 0 Å². The van der Waals surface area contributed by atoms with Crippen molar-refractivity contribution in [1.82, 2.24) is 0 Å². The number of aliphatic hydroxyl groups is 1. The van der Waals surface area contributed by atoms with Crippen molar-refractivity contribution in [3.8, 4) is 0 Å². The van der Waals surface area contributed by atoms with Gasteiger partial charge in [-0.1, -0.05) is 43.5 Å². The molecule has 1 aliphatic rings. The number of unbranched alkanes of at least 4 members (excludes halogenated alkanes) is 4. The van der Waals surface area contributed by atoms with Crippen LogP contribution >= 0.6 is 0 Å². The summed E-state index contributed by atoms with van der Waals surface area (Å²) >= 11 is 0. The summed E-state index contributed by atoms with van der Waals surface area (Å²) in [7, 11) is 1.77. The zero-order valence-electron chi connectivity index (χ0n) is 14.6. The van der Waals surface area contributed by atoms with Crippen LogP contribution in [-0.4, -0.2) is 31.0 Å². The second kappa shape index (κ2) is 9.41. The van der Waals surface area contributed by atoms with Crippen LogP contribution in [0.3, 0.4) is 0 Å². The highest BCUT2D eigenvalue weighted by Gasteiger charge is 2.35. The fourth-order valence-electron chi connectivity index (χ4n) is 3.65. The van der Waals surface area contributed by atoms with Crippen LogP contribution in [0.4, 0.5) is 0 Å². The van der Waals surface area contributed by atoms with Gasteiger partial charge in [0.1, 0.15) is 0 Å². The van der Waals surface area contributed by atoms with E-state index < -0.39 is 0 Å². The largest absolute Gasteiger partial charge is 0.394 e. The monoisotopic (exact) mass is 319 g/mol. The number of ether oxygens (including phenoxy) is 1. The Kier molecular flexibility index (Phi) is 7.54. The molecule has 0 heterocycles. The number of aryl methyl sites for hydroxylation is 1. The number of rotatable bonds is 10. The molecule has 0 spiro atoms. The summed E-state index contributed by atoms with van der Waals surface area (Å²) < 4.78 is 5.07. The van der Waals surface area contributed by atoms with Crippen molar-refractivity contribution in [3.63, 3.8) is 0 Å². The van der Waals surface area contributed by atoms with E-state index in [1.165, 1.54) is 49.7 Å². The lowest BCUT2D eigenvalue weighted by Gasteiger charge is -2.21. The molecule has 1 aliphatic carbocycles. The number of hydrogen-bond donors (Lipinski definition) is 2. The normalized spacial score (nSPS) is 24.2. The van der Waals surface area contributed by atoms with Gasteiger partial charge in [-0.25, -0.2) is 0 Å². The molecule has 3 N–H and O–H groups in total. The molecule has 1 fully saturated rings. The minimum atomic E-state index is -0.355. The Labute approximate surface area is 141 Å². The Morgan fingerprint density at radius 3 is 2.48 bits per heavy atom. The molecular weight excluding hydrogens is 286 g/mol. The highest BCUT2D eigenvalue weighted by molar-refractivity contribution is 5.27. The van der Waals surface area contributed by atoms with Crippen molar-refractivity contribution < 1.29 is 9.84 Å². The van der Waals surface area contributed by atoms with Crippen LogP contribution in [0.1, 0.15) is 68.4 Å². The van der Waals surface area contributed by atoms with Gasteiger partial charge in [0, 0.05) is 19.3 Å². The second-order valence-electron chi connectivity index (χ2n) is 7.21. The van der Waals surface area contributed by atoms with E-state index in [4.69, 9.17) is 10.5 Å². The van der Waals surface area contributed by atoms with Gasteiger partial charge in [0.2, 0.25) is 0 Å². The second-order valence-corrected chi connectivity index (χ2v) is 7.21. The first-order valence-corrected chi connectivity index (χ1v) is 9.14. The molecule has 0 bridgehead atoms. The fraction of sp³-hybridized carbons (Fsp3) is 0.700. The molecule has 0 aromatic heterocycles. The topological polar surface area (TPSA) is 55.5 Å². The molecule has 0 saturated heterocycles. The number of hydrogen-bond acceptors (Lipinski definition) is 3. The van der Waals surface area contributed by atoms with Gasteiger partial charge >= 0.3 is 0 Å². The average Bonchev–Trinajstić information content (AvgIpc) is 2.98. The molecule has 0 amide bonds. The number of methoxy groups -OCH3 is 1. The maximum Gasteiger partial charge on any atom is 0.0611 e. The lowest BCUT2D eigenvalue weighted by molar-refractivity contribution is 0.192. The first-order chi connectivity index (χ1) is 11.2. The van der Waals surface area contributed by atoms with E-state index in [-0.39, 0.29) is 12.1 Å². The van der Waals surface area contributed by atoms with Gasteiger partial charge in [-0.05, 0) is 55.6 Å². The van der Waals surface area contributed by atoms with Crippen molar-refractivity contribution >= 4 is 0 Å². The summed E-state index contributed by atoms with van der Waals surface area (Å²) in [6.07, 6.45) is 10.5. The SMILES string of the molecule is COCCCCCCCc1ccc([C@H]2CC[C@@](N)(CO)C2)cc1. The quantitative estimate of drug-likeness (QED) is 0.645. The zero-order valence-corrected chi connectivity index (χ0v) is 14.6. The minimum absolute atomic E-state index is 0.103. The molecule has 1 aromatic rings. The van der Waals surface area contributed by atoms with E-state index in [1.54, 1.807) is 7.11 Å². The standard InChI is InChI=1S/C20H33NO2/c1-23-14-6-4-2-3-5-7-17-8-10-18(11-9-17)19-12-13-20(21,15-19)16-22/h8-11,19,22H,2-7,12-16,21H2,1H3/t19-,20-/m0/s1. The minimum Gasteiger partial charge on any atom is -0.394 e. The third kappa shape index (κ3) is 5.91. The van der Waals surface area contributed by atoms with Crippen molar-refractivity contribution in [2.75, 3.05) is 20.3 Å². The average molecular weight is 319 g/mol. The summed E-state index contributed by atoms with van der Waals surface area (Å²) in [5.74, 6) is 0.516. The van der Waals surface area contributed by atoms with Gasteiger partial charge in [0.25, 0.3) is 0 Å². The van der Waals surface area contributed by atoms with E-state index in [2.05, 4.69) is 24.3 Å². The highest BCUT2D eigenvalue weighted by Crippen LogP contribution is 2.39. The Balaban J connectivity index is 1.69. The molecule has 130 valence electrons. The van der Waals surface area contributed by atoms with Crippen molar-refractivity contribution in [1.29, 1.82) is 0 Å². The number of nitrogens with two attached hydrogens (primary N) is 1. The molecule has 2 rings (SSSR count). The third-order valence-corrected chi connectivity index (χ3v) is 5.22. The first-order valence-electron chi connectivity index (χ1n) is 9.14. The van der Waals surface area contributed by atoms with E-state index in [1.807, 2.05) is 0 Å². The summed E-state index contributed by atoms with van der Waals surface area (Å²) in [4.78, 5) is 0. The lowest BCUT2D eigenvalue weighted by atomic mass is 9.92. The molecule has 0 radical (unpaired) electrons. The molecular formula is C20H33NO2. The highest BCUT2D eigenvalue weighted by atomic mass is 16.5. The number of aliphatic hydroxyl groups excluding tert-OH is 1. The molecule has 23 heavy (non-hydrogen) atoms. The molecule has 0 aliphatic heterocycles. The van der Waals surface area contributed by atoms with E-state index in [0.717, 1.165) is 25.9 Å². The van der Waals surface area contributed by atoms with Gasteiger partial charge in [0.15, 0.2) is 0 Å². The van der Waals surface area contributed by atoms with Gasteiger partial charge in [-0.3, -0.25) is 0 Å². The predicted molar refractivity (Wildman–Crippen MR) is 95.7 cm³/mol. The summed E-state index contributed by atoms with van der Waals surface area (Å²) in [5, 5.41) is 9.39. The van der Waals surface area contributed by atoms with E-state index in [0.29, 0.717) is 5.92 Å². The van der Waals surface area contributed by atoms with Crippen LogP contribution in [-0.2, 0) is 11.2 Å². The molecule has 1 saturated carbocycles. The van der Waals surface area contributed by atoms with Crippen molar-refractivity contribution in [2.24, 2.45) is 5.73 Å². The molecule has 0 unspecified atom stereocenters. The maximum atomic E-state index is 9.39. The Morgan fingerprint density at radius 1 is 1.13 bits per heavy atom. The smallest absolute Gasteiger partial charge is 0.0611 e. The molecule has 2 atom stereocenters. The van der Waals surface area contributed by atoms with Crippen LogP contribution in [0.15, 0.2) is 24.3 Å². The zero-order chi connectivity index (χ0) is 16.5. The maximum absolute atomic E-state index is 9.39. The van der Waals surface area contributed by atoms with E-state index >= 15 is 0 Å². The number of benzene rings is 1. The van der Waals surface area contributed by atoms with Gasteiger partial charge in [-0.2, -0.15) is 0 Å². The summed E-state index contributed by atoms with van der Waals surface area (Å²) in [6, 6.07) is 9.08. The Morgan fingerprint density at radius 2 is 1.83 bits per heavy atom. The Bertz CT molecular complexity index is 445. The van der Waals surface area contributed by atoms with Gasteiger partial charge in [-0.15, -0.1) is 0 Å². The van der Waals surface area contributed by atoms with Crippen molar-refractivity contribution in [3.05, 3.63) is 35.4 Å². The van der Waals surface area contributed by atoms with Crippen LogP contribution < -0.4 is 5.73 Å².